The van der Waals surface area contributed by atoms with Crippen molar-refractivity contribution < 1.29 is 13.2 Å². The van der Waals surface area contributed by atoms with Crippen molar-refractivity contribution in [3.8, 4) is 0 Å². The molecule has 0 aliphatic carbocycles. The Morgan fingerprint density at radius 1 is 1.05 bits per heavy atom. The van der Waals surface area contributed by atoms with Crippen molar-refractivity contribution >= 4 is 11.6 Å². The van der Waals surface area contributed by atoms with Crippen LogP contribution in [0.25, 0.3) is 0 Å². The van der Waals surface area contributed by atoms with Gasteiger partial charge in [0, 0.05) is 11.6 Å². The first-order valence-corrected chi connectivity index (χ1v) is 6.46. The van der Waals surface area contributed by atoms with Crippen LogP contribution in [0.5, 0.6) is 0 Å². The minimum atomic E-state index is -0.611. The molecule has 5 heteroatoms. The van der Waals surface area contributed by atoms with Crippen LogP contribution in [0.2, 0.25) is 5.02 Å². The molecule has 0 spiro atoms. The maximum atomic E-state index is 13.6. The number of hydrogen-bond acceptors (Lipinski definition) is 1. The van der Waals surface area contributed by atoms with Crippen molar-refractivity contribution in [2.24, 2.45) is 0 Å². The Morgan fingerprint density at radius 3 is 2.25 bits per heavy atom. The summed E-state index contributed by atoms with van der Waals surface area (Å²) in [7, 11) is 1.65. The van der Waals surface area contributed by atoms with Gasteiger partial charge in [-0.3, -0.25) is 0 Å². The molecular weight excluding hydrogens is 287 g/mol. The summed E-state index contributed by atoms with van der Waals surface area (Å²) in [6.45, 7) is 0. The summed E-state index contributed by atoms with van der Waals surface area (Å²) >= 11 is 5.62. The van der Waals surface area contributed by atoms with Crippen LogP contribution in [0.15, 0.2) is 36.4 Å². The van der Waals surface area contributed by atoms with Crippen LogP contribution in [0.4, 0.5) is 13.2 Å². The van der Waals surface area contributed by atoms with Gasteiger partial charge < -0.3 is 5.32 Å². The van der Waals surface area contributed by atoms with Crippen molar-refractivity contribution in [1.82, 2.24) is 5.32 Å². The Kier molecular flexibility index (Phi) is 4.68. The molecule has 0 fully saturated rings. The number of rotatable bonds is 4. The molecule has 0 aliphatic heterocycles. The Labute approximate surface area is 120 Å². The van der Waals surface area contributed by atoms with E-state index in [0.717, 1.165) is 0 Å². The molecule has 0 bridgehead atoms. The van der Waals surface area contributed by atoms with Gasteiger partial charge in [0.15, 0.2) is 0 Å². The van der Waals surface area contributed by atoms with Gasteiger partial charge in [0.1, 0.15) is 17.5 Å². The van der Waals surface area contributed by atoms with Gasteiger partial charge >= 0.3 is 0 Å². The molecule has 0 amide bonds. The Balaban J connectivity index is 2.31. The largest absolute Gasteiger partial charge is 0.313 e. The quantitative estimate of drug-likeness (QED) is 0.889. The van der Waals surface area contributed by atoms with Gasteiger partial charge in [-0.25, -0.2) is 13.2 Å². The van der Waals surface area contributed by atoms with Gasteiger partial charge in [0.2, 0.25) is 0 Å². The average Bonchev–Trinajstić information content (AvgIpc) is 2.42. The predicted octanol–water partition coefficient (Wildman–Crippen LogP) is 4.26. The molecule has 0 aromatic heterocycles. The fourth-order valence-corrected chi connectivity index (χ4v) is 2.16. The minimum Gasteiger partial charge on any atom is -0.313 e. The highest BCUT2D eigenvalue weighted by Crippen LogP contribution is 2.25. The summed E-state index contributed by atoms with van der Waals surface area (Å²) in [6.07, 6.45) is 0.0794. The molecule has 1 N–H and O–H groups in total. The molecule has 1 unspecified atom stereocenters. The van der Waals surface area contributed by atoms with Gasteiger partial charge in [-0.2, -0.15) is 0 Å². The summed E-state index contributed by atoms with van der Waals surface area (Å²) in [6, 6.07) is 7.63. The van der Waals surface area contributed by atoms with Gasteiger partial charge in [-0.05, 0) is 43.3 Å². The van der Waals surface area contributed by atoms with Crippen LogP contribution in [-0.2, 0) is 6.42 Å². The third kappa shape index (κ3) is 3.14. The first kappa shape index (κ1) is 14.9. The fraction of sp³-hybridized carbons (Fsp3) is 0.200. The van der Waals surface area contributed by atoms with Crippen LogP contribution in [0.1, 0.15) is 17.2 Å². The first-order chi connectivity index (χ1) is 9.52. The molecule has 0 saturated heterocycles. The van der Waals surface area contributed by atoms with Crippen LogP contribution in [-0.4, -0.2) is 7.05 Å². The summed E-state index contributed by atoms with van der Waals surface area (Å²) in [4.78, 5) is 0. The lowest BCUT2D eigenvalue weighted by atomic mass is 9.98. The second-order valence-corrected chi connectivity index (χ2v) is 4.83. The molecule has 2 aromatic rings. The van der Waals surface area contributed by atoms with E-state index in [2.05, 4.69) is 5.32 Å². The van der Waals surface area contributed by atoms with Crippen LogP contribution < -0.4 is 5.32 Å². The maximum Gasteiger partial charge on any atom is 0.142 e. The smallest absolute Gasteiger partial charge is 0.142 e. The molecule has 0 aliphatic rings. The Bertz CT molecular complexity index is 596. The standard InChI is InChI=1S/C15H13ClF3N/c1-20-15(9-5-6-11(16)14(19)7-9)8-10-12(17)3-2-4-13(10)18/h2-7,15,20H,8H2,1H3. The lowest BCUT2D eigenvalue weighted by molar-refractivity contribution is 0.513. The van der Waals surface area contributed by atoms with Crippen LogP contribution >= 0.6 is 11.6 Å². The van der Waals surface area contributed by atoms with E-state index in [1.807, 2.05) is 0 Å². The van der Waals surface area contributed by atoms with E-state index < -0.39 is 23.5 Å². The van der Waals surface area contributed by atoms with E-state index in [1.54, 1.807) is 13.1 Å². The highest BCUT2D eigenvalue weighted by Gasteiger charge is 2.17. The number of halogens is 4. The van der Waals surface area contributed by atoms with E-state index in [4.69, 9.17) is 11.6 Å². The molecule has 0 heterocycles. The molecule has 0 radical (unpaired) electrons. The molecule has 2 aromatic carbocycles. The SMILES string of the molecule is CNC(Cc1c(F)cccc1F)c1ccc(Cl)c(F)c1. The molecule has 106 valence electrons. The first-order valence-electron chi connectivity index (χ1n) is 6.08. The van der Waals surface area contributed by atoms with Crippen molar-refractivity contribution in [3.05, 3.63) is 70.0 Å². The predicted molar refractivity (Wildman–Crippen MR) is 73.3 cm³/mol. The molecule has 2 rings (SSSR count). The molecule has 1 atom stereocenters. The summed E-state index contributed by atoms with van der Waals surface area (Å²) < 4.78 is 40.8. The topological polar surface area (TPSA) is 12.0 Å². The zero-order chi connectivity index (χ0) is 14.7. The number of benzene rings is 2. The maximum absolute atomic E-state index is 13.6. The Morgan fingerprint density at radius 2 is 1.70 bits per heavy atom. The van der Waals surface area contributed by atoms with Crippen molar-refractivity contribution in [3.63, 3.8) is 0 Å². The van der Waals surface area contributed by atoms with Crippen molar-refractivity contribution in [2.45, 2.75) is 12.5 Å². The summed E-state index contributed by atoms with van der Waals surface area (Å²) in [5, 5.41) is 2.94. The number of hydrogen-bond donors (Lipinski definition) is 1. The average molecular weight is 300 g/mol. The third-order valence-corrected chi connectivity index (χ3v) is 3.47. The second kappa shape index (κ2) is 6.29. The van der Waals surface area contributed by atoms with Crippen LogP contribution in [0, 0.1) is 17.5 Å². The molecular formula is C15H13ClF3N. The number of nitrogens with one attached hydrogen (secondary N) is 1. The summed E-state index contributed by atoms with van der Waals surface area (Å²) in [5.74, 6) is -1.78. The van der Waals surface area contributed by atoms with Crippen LogP contribution in [0.3, 0.4) is 0 Å². The zero-order valence-corrected chi connectivity index (χ0v) is 11.5. The highest BCUT2D eigenvalue weighted by molar-refractivity contribution is 6.30. The third-order valence-electron chi connectivity index (χ3n) is 3.16. The molecule has 1 nitrogen and oxygen atoms in total. The normalized spacial score (nSPS) is 12.4. The van der Waals surface area contributed by atoms with Gasteiger partial charge in [0.05, 0.1) is 5.02 Å². The van der Waals surface area contributed by atoms with E-state index in [-0.39, 0.29) is 17.0 Å². The highest BCUT2D eigenvalue weighted by atomic mass is 35.5. The molecule has 0 saturated carbocycles. The lowest BCUT2D eigenvalue weighted by Crippen LogP contribution is -2.20. The monoisotopic (exact) mass is 299 g/mol. The second-order valence-electron chi connectivity index (χ2n) is 4.42. The van der Waals surface area contributed by atoms with E-state index in [9.17, 15) is 13.2 Å². The fourth-order valence-electron chi connectivity index (χ4n) is 2.05. The van der Waals surface area contributed by atoms with E-state index in [1.165, 1.54) is 30.3 Å². The number of likely N-dealkylation sites (N-methyl/N-ethyl adjacent to an activating group) is 1. The lowest BCUT2D eigenvalue weighted by Gasteiger charge is -2.18. The van der Waals surface area contributed by atoms with Gasteiger partial charge in [-0.1, -0.05) is 23.7 Å². The van der Waals surface area contributed by atoms with Crippen molar-refractivity contribution in [1.29, 1.82) is 0 Å². The minimum absolute atomic E-state index is 0.0145. The van der Waals surface area contributed by atoms with Gasteiger partial charge in [-0.15, -0.1) is 0 Å². The van der Waals surface area contributed by atoms with Crippen molar-refractivity contribution in [2.75, 3.05) is 7.05 Å². The zero-order valence-electron chi connectivity index (χ0n) is 10.8. The van der Waals surface area contributed by atoms with Gasteiger partial charge in [0.25, 0.3) is 0 Å². The summed E-state index contributed by atoms with van der Waals surface area (Å²) in [5.41, 5.74) is 0.555. The Hall–Kier alpha value is -1.52. The van der Waals surface area contributed by atoms with E-state index >= 15 is 0 Å². The molecule has 20 heavy (non-hydrogen) atoms. The van der Waals surface area contributed by atoms with E-state index in [0.29, 0.717) is 5.56 Å².